The van der Waals surface area contributed by atoms with Crippen LogP contribution in [0.3, 0.4) is 0 Å². The third-order valence-corrected chi connectivity index (χ3v) is 32.3. The monoisotopic (exact) mass is 1360 g/mol. The van der Waals surface area contributed by atoms with Gasteiger partial charge in [0.2, 0.25) is 17.7 Å². The molecule has 0 bridgehead atoms. The fourth-order valence-electron chi connectivity index (χ4n) is 14.2. The van der Waals surface area contributed by atoms with Gasteiger partial charge in [0.1, 0.15) is 0 Å². The van der Waals surface area contributed by atoms with E-state index < -0.39 is 53.3 Å². The normalized spacial score (nSPS) is 18.7. The van der Waals surface area contributed by atoms with Crippen molar-refractivity contribution in [2.75, 3.05) is 46.9 Å². The summed E-state index contributed by atoms with van der Waals surface area (Å²) >= 11 is 0. The largest absolute Gasteiger partial charge is 0.469 e. The van der Waals surface area contributed by atoms with E-state index in [0.717, 1.165) is 0 Å². The van der Waals surface area contributed by atoms with Crippen LogP contribution < -0.4 is 47.8 Å². The molecule has 0 spiro atoms. The van der Waals surface area contributed by atoms with Gasteiger partial charge in [0, 0.05) is 59.6 Å². The number of nitrogens with zero attached hydrogens (tertiary/aromatic N) is 2. The lowest BCUT2D eigenvalue weighted by atomic mass is 9.69. The highest BCUT2D eigenvalue weighted by atomic mass is 31.1. The molecule has 10 nitrogen and oxygen atoms in total. The van der Waals surface area contributed by atoms with E-state index in [0.29, 0.717) is 64.7 Å². The molecule has 8 atom stereocenters. The third-order valence-electron chi connectivity index (χ3n) is 20.3. The quantitative estimate of drug-likeness (QED) is 0.0423. The summed E-state index contributed by atoms with van der Waals surface area (Å²) in [5.41, 5.74) is -2.19. The number of amides is 3. The van der Waals surface area contributed by atoms with Crippen LogP contribution in [0.15, 0.2) is 243 Å². The van der Waals surface area contributed by atoms with Crippen molar-refractivity contribution in [3.8, 4) is 0 Å². The lowest BCUT2D eigenvalue weighted by Gasteiger charge is -2.38. The van der Waals surface area contributed by atoms with Gasteiger partial charge >= 0.3 is 11.9 Å². The molecule has 8 aromatic rings. The topological polar surface area (TPSA) is 122 Å². The highest BCUT2D eigenvalue weighted by molar-refractivity contribution is 7.78. The average molecular weight is 1360 g/mol. The van der Waals surface area contributed by atoms with Gasteiger partial charge in [-0.1, -0.05) is 284 Å². The molecule has 3 amide bonds. The standard InChI is InChI=1S/C42H50N2O4P2.C40H47NO3P2/c1-6-41(3,31-42(4,7-2)40(47)48-5)39(46)43-28-38(45)44-29-36(49(32-20-12-8-13-21-32)33-22-14-9-15-23-33)37(30-44)50(34-24-16-10-17-25-34)35-26-18-11-19-27-35;1-6-39(3,30-40(4,7-2)38(43)44-5)37(42)41-28-35(45(31-20-12-8-13-21-31)32-22-14-9-15-23-32)36(29-41)46(33-24-16-10-17-25-33)34-26-18-11-19-27-34/h8-27,36-37H,6-7,28-31H2,1-5H3,(H,43,46);8-27,35-36H,6-7,28-30H2,1-5H3. The third kappa shape index (κ3) is 17.0. The molecule has 14 heteroatoms. The summed E-state index contributed by atoms with van der Waals surface area (Å²) in [6, 6.07) is 86.7. The van der Waals surface area contributed by atoms with Crippen molar-refractivity contribution >= 4 is 104 Å². The molecule has 1 N–H and O–H groups in total. The summed E-state index contributed by atoms with van der Waals surface area (Å²) in [6.07, 6.45) is 3.16. The Balaban J connectivity index is 0.000000226. The maximum atomic E-state index is 14.9. The Morgan fingerprint density at radius 3 is 0.792 bits per heavy atom. The number of ether oxygens (including phenoxy) is 2. The number of likely N-dealkylation sites (tertiary alicyclic amines) is 2. The van der Waals surface area contributed by atoms with Crippen LogP contribution in [0.4, 0.5) is 0 Å². The second kappa shape index (κ2) is 33.9. The highest BCUT2D eigenvalue weighted by Gasteiger charge is 2.52. The molecule has 8 unspecified atom stereocenters. The fourth-order valence-corrected chi connectivity index (χ4v) is 27.2. The number of carbonyl (C=O) groups excluding carboxylic acids is 5. The fraction of sp³-hybridized carbons (Fsp3) is 0.354. The van der Waals surface area contributed by atoms with Crippen LogP contribution in [0.1, 0.15) is 93.9 Å². The molecular weight excluding hydrogens is 1260 g/mol. The van der Waals surface area contributed by atoms with Crippen LogP contribution in [0.2, 0.25) is 0 Å². The minimum absolute atomic E-state index is 0.0809. The lowest BCUT2D eigenvalue weighted by molar-refractivity contribution is -0.157. The van der Waals surface area contributed by atoms with Gasteiger partial charge in [-0.3, -0.25) is 24.0 Å². The van der Waals surface area contributed by atoms with E-state index in [9.17, 15) is 24.0 Å². The maximum absolute atomic E-state index is 14.9. The van der Waals surface area contributed by atoms with E-state index in [-0.39, 0.29) is 58.8 Å². The number of rotatable bonds is 26. The van der Waals surface area contributed by atoms with Crippen molar-refractivity contribution in [3.05, 3.63) is 243 Å². The molecule has 2 fully saturated rings. The van der Waals surface area contributed by atoms with Crippen LogP contribution in [0.5, 0.6) is 0 Å². The molecule has 0 saturated carbocycles. The smallest absolute Gasteiger partial charge is 0.311 e. The van der Waals surface area contributed by atoms with Crippen molar-refractivity contribution in [1.29, 1.82) is 0 Å². The summed E-state index contributed by atoms with van der Waals surface area (Å²) in [5, 5.41) is 13.5. The first-order valence-corrected chi connectivity index (χ1v) is 39.6. The van der Waals surface area contributed by atoms with Crippen LogP contribution in [0.25, 0.3) is 0 Å². The van der Waals surface area contributed by atoms with Crippen molar-refractivity contribution in [2.45, 2.75) is 117 Å². The number of hydrogen-bond donors (Lipinski definition) is 1. The van der Waals surface area contributed by atoms with E-state index in [2.05, 4.69) is 267 Å². The summed E-state index contributed by atoms with van der Waals surface area (Å²) in [4.78, 5) is 72.7. The maximum Gasteiger partial charge on any atom is 0.311 e. The number of carbonyl (C=O) groups is 5. The Hall–Kier alpha value is -7.17. The predicted octanol–water partition coefficient (Wildman–Crippen LogP) is 13.6. The zero-order valence-corrected chi connectivity index (χ0v) is 61.3. The van der Waals surface area contributed by atoms with Crippen LogP contribution in [0, 0.1) is 21.7 Å². The van der Waals surface area contributed by atoms with Gasteiger partial charge in [0.25, 0.3) is 0 Å². The second-order valence-electron chi connectivity index (χ2n) is 26.6. The first-order chi connectivity index (χ1) is 46.4. The molecule has 2 aliphatic rings. The summed E-state index contributed by atoms with van der Waals surface area (Å²) in [6.45, 7) is 18.2. The molecule has 2 aliphatic heterocycles. The van der Waals surface area contributed by atoms with Gasteiger partial charge in [0.15, 0.2) is 0 Å². The average Bonchev–Trinajstić information content (AvgIpc) is 1.59. The van der Waals surface area contributed by atoms with Crippen molar-refractivity contribution in [1.82, 2.24) is 15.1 Å². The van der Waals surface area contributed by atoms with Gasteiger partial charge in [-0.2, -0.15) is 0 Å². The van der Waals surface area contributed by atoms with E-state index in [1.165, 1.54) is 56.7 Å². The lowest BCUT2D eigenvalue weighted by Crippen LogP contribution is -2.47. The molecule has 96 heavy (non-hydrogen) atoms. The number of benzene rings is 8. The SMILES string of the molecule is CCC(C)(CC(C)(CC)C(=O)N1CC(P(c2ccccc2)c2ccccc2)C(P(c2ccccc2)c2ccccc2)C1)C(=O)OC.CCC(C)(CC(C)(CC)C(=O)OC)C(=O)NCC(=O)N1CC(P(c2ccccc2)c2ccccc2)C(P(c2ccccc2)c2ccccc2)C1. The second-order valence-corrected chi connectivity index (χ2v) is 36.4. The first kappa shape index (κ1) is 73.1. The first-order valence-electron chi connectivity index (χ1n) is 34.0. The highest BCUT2D eigenvalue weighted by Crippen LogP contribution is 2.57. The van der Waals surface area contributed by atoms with Crippen LogP contribution >= 0.6 is 31.7 Å². The van der Waals surface area contributed by atoms with Crippen LogP contribution in [-0.2, 0) is 33.4 Å². The Morgan fingerprint density at radius 1 is 0.354 bits per heavy atom. The number of nitrogens with one attached hydrogen (secondary N) is 1. The molecule has 10 rings (SSSR count). The van der Waals surface area contributed by atoms with Gasteiger partial charge in [-0.05, 0) is 126 Å². The summed E-state index contributed by atoms with van der Waals surface area (Å²) in [7, 11) is -0.415. The van der Waals surface area contributed by atoms with E-state index in [4.69, 9.17) is 9.47 Å². The van der Waals surface area contributed by atoms with E-state index in [1.54, 1.807) is 0 Å². The van der Waals surface area contributed by atoms with E-state index >= 15 is 0 Å². The van der Waals surface area contributed by atoms with Gasteiger partial charge < -0.3 is 24.6 Å². The molecule has 0 aliphatic carbocycles. The number of methoxy groups -OCH3 is 2. The zero-order valence-electron chi connectivity index (χ0n) is 57.7. The Labute approximate surface area is 576 Å². The van der Waals surface area contributed by atoms with Gasteiger partial charge in [-0.15, -0.1) is 0 Å². The van der Waals surface area contributed by atoms with Gasteiger partial charge in [-0.25, -0.2) is 0 Å². The molecule has 2 saturated heterocycles. The summed E-state index contributed by atoms with van der Waals surface area (Å²) in [5.74, 6) is -0.705. The van der Waals surface area contributed by atoms with Crippen molar-refractivity contribution in [3.63, 3.8) is 0 Å². The van der Waals surface area contributed by atoms with Gasteiger partial charge in [0.05, 0.1) is 31.6 Å². The zero-order chi connectivity index (χ0) is 68.5. The van der Waals surface area contributed by atoms with Crippen molar-refractivity contribution < 1.29 is 33.4 Å². The van der Waals surface area contributed by atoms with Crippen LogP contribution in [-0.4, -0.2) is 109 Å². The molecule has 2 heterocycles. The minimum atomic E-state index is -0.834. The van der Waals surface area contributed by atoms with E-state index in [1.807, 2.05) is 46.4 Å². The Kier molecular flexibility index (Phi) is 25.8. The Bertz CT molecular complexity index is 3430. The number of esters is 2. The Morgan fingerprint density at radius 2 is 0.573 bits per heavy atom. The predicted molar refractivity (Wildman–Crippen MR) is 404 cm³/mol. The molecule has 0 radical (unpaired) electrons. The van der Waals surface area contributed by atoms with Crippen molar-refractivity contribution in [2.24, 2.45) is 21.7 Å². The minimum Gasteiger partial charge on any atom is -0.469 e. The summed E-state index contributed by atoms with van der Waals surface area (Å²) < 4.78 is 10.3. The number of hydrogen-bond acceptors (Lipinski definition) is 7. The molecule has 502 valence electrons. The molecule has 0 aromatic heterocycles. The molecule has 8 aromatic carbocycles. The molecular formula is C82H97N3O7P4.